The molecule has 1 aromatic carbocycles. The Morgan fingerprint density at radius 3 is 2.61 bits per heavy atom. The van der Waals surface area contributed by atoms with Gasteiger partial charge >= 0.3 is 0 Å². The molecule has 0 aliphatic heterocycles. The Bertz CT molecular complexity index is 566. The Kier molecular flexibility index (Phi) is 3.45. The molecule has 1 aromatic heterocycles. The summed E-state index contributed by atoms with van der Waals surface area (Å²) in [7, 11) is 0. The van der Waals surface area contributed by atoms with Gasteiger partial charge in [-0.3, -0.25) is 0 Å². The Labute approximate surface area is 108 Å². The number of aromatic nitrogens is 1. The number of aliphatic hydroxyl groups excluding tert-OH is 1. The highest BCUT2D eigenvalue weighted by Gasteiger charge is 2.23. The molecule has 0 aliphatic carbocycles. The zero-order valence-electron chi connectivity index (χ0n) is 10.1. The lowest BCUT2D eigenvalue weighted by atomic mass is 9.96. The summed E-state index contributed by atoms with van der Waals surface area (Å²) in [4.78, 5) is 4.36. The van der Waals surface area contributed by atoms with E-state index in [0.717, 1.165) is 17.1 Å². The van der Waals surface area contributed by atoms with E-state index in [4.69, 9.17) is 0 Å². The van der Waals surface area contributed by atoms with E-state index in [2.05, 4.69) is 4.98 Å². The number of halogens is 2. The Morgan fingerprint density at radius 2 is 2.00 bits per heavy atom. The van der Waals surface area contributed by atoms with E-state index in [9.17, 15) is 13.9 Å². The molecule has 2 aromatic rings. The molecule has 0 atom stereocenters. The molecule has 1 N–H and O–H groups in total. The Balaban J connectivity index is 2.38. The fourth-order valence-corrected chi connectivity index (χ4v) is 2.39. The first-order valence-electron chi connectivity index (χ1n) is 5.46. The number of nitrogens with zero attached hydrogens (tertiary/aromatic N) is 1. The number of aliphatic hydroxyl groups is 1. The van der Waals surface area contributed by atoms with Crippen molar-refractivity contribution < 1.29 is 13.9 Å². The summed E-state index contributed by atoms with van der Waals surface area (Å²) in [5, 5.41) is 11.8. The number of rotatable bonds is 3. The minimum atomic E-state index is -0.886. The lowest BCUT2D eigenvalue weighted by Crippen LogP contribution is -2.21. The maximum atomic E-state index is 13.1. The standard InChI is InChI=1S/C13H13F2NOS/c1-13(2,7-17)12-16-11(6-18-12)8-3-4-9(14)10(15)5-8/h3-6,17H,7H2,1-2H3. The van der Waals surface area contributed by atoms with Crippen LogP contribution in [0.15, 0.2) is 23.6 Å². The highest BCUT2D eigenvalue weighted by molar-refractivity contribution is 7.10. The van der Waals surface area contributed by atoms with Gasteiger partial charge in [-0.05, 0) is 18.2 Å². The molecule has 2 nitrogen and oxygen atoms in total. The van der Waals surface area contributed by atoms with Gasteiger partial charge in [0.2, 0.25) is 0 Å². The minimum absolute atomic E-state index is 0.0161. The molecule has 0 amide bonds. The average Bonchev–Trinajstić information content (AvgIpc) is 2.83. The first kappa shape index (κ1) is 13.1. The van der Waals surface area contributed by atoms with Crippen LogP contribution in [-0.4, -0.2) is 16.7 Å². The van der Waals surface area contributed by atoms with Gasteiger partial charge in [0.15, 0.2) is 11.6 Å². The lowest BCUT2D eigenvalue weighted by Gasteiger charge is -2.17. The van der Waals surface area contributed by atoms with E-state index >= 15 is 0 Å². The largest absolute Gasteiger partial charge is 0.395 e. The third-order valence-electron chi connectivity index (χ3n) is 2.69. The molecule has 1 heterocycles. The molecule has 18 heavy (non-hydrogen) atoms. The van der Waals surface area contributed by atoms with Crippen molar-refractivity contribution in [2.24, 2.45) is 0 Å². The average molecular weight is 269 g/mol. The van der Waals surface area contributed by atoms with Gasteiger partial charge in [0.25, 0.3) is 0 Å². The highest BCUT2D eigenvalue weighted by Crippen LogP contribution is 2.30. The van der Waals surface area contributed by atoms with Gasteiger partial charge in [-0.2, -0.15) is 0 Å². The van der Waals surface area contributed by atoms with Crippen molar-refractivity contribution in [1.82, 2.24) is 4.98 Å². The van der Waals surface area contributed by atoms with Crippen LogP contribution >= 0.6 is 11.3 Å². The molecule has 0 radical (unpaired) electrons. The monoisotopic (exact) mass is 269 g/mol. The second kappa shape index (κ2) is 4.74. The molecule has 0 bridgehead atoms. The van der Waals surface area contributed by atoms with Crippen LogP contribution in [0.2, 0.25) is 0 Å². The number of hydrogen-bond acceptors (Lipinski definition) is 3. The SMILES string of the molecule is CC(C)(CO)c1nc(-c2ccc(F)c(F)c2)cs1. The van der Waals surface area contributed by atoms with Crippen molar-refractivity contribution in [2.45, 2.75) is 19.3 Å². The maximum Gasteiger partial charge on any atom is 0.159 e. The van der Waals surface area contributed by atoms with E-state index in [0.29, 0.717) is 11.3 Å². The first-order chi connectivity index (χ1) is 8.44. The quantitative estimate of drug-likeness (QED) is 0.926. The zero-order chi connectivity index (χ0) is 13.3. The Morgan fingerprint density at radius 1 is 1.28 bits per heavy atom. The van der Waals surface area contributed by atoms with Crippen LogP contribution in [0.3, 0.4) is 0 Å². The van der Waals surface area contributed by atoms with E-state index in [1.165, 1.54) is 17.4 Å². The molecule has 0 unspecified atom stereocenters. The molecule has 96 valence electrons. The predicted molar refractivity (Wildman–Crippen MR) is 67.6 cm³/mol. The van der Waals surface area contributed by atoms with Crippen LogP contribution in [0.5, 0.6) is 0 Å². The van der Waals surface area contributed by atoms with Crippen LogP contribution in [0.1, 0.15) is 18.9 Å². The second-order valence-electron chi connectivity index (χ2n) is 4.71. The minimum Gasteiger partial charge on any atom is -0.395 e. The lowest BCUT2D eigenvalue weighted by molar-refractivity contribution is 0.218. The van der Waals surface area contributed by atoms with Gasteiger partial charge in [0, 0.05) is 16.4 Å². The summed E-state index contributed by atoms with van der Waals surface area (Å²) in [6.07, 6.45) is 0. The normalized spacial score (nSPS) is 11.8. The smallest absolute Gasteiger partial charge is 0.159 e. The topological polar surface area (TPSA) is 33.1 Å². The van der Waals surface area contributed by atoms with Gasteiger partial charge in [-0.25, -0.2) is 13.8 Å². The number of thiazole rings is 1. The van der Waals surface area contributed by atoms with Crippen molar-refractivity contribution >= 4 is 11.3 Å². The summed E-state index contributed by atoms with van der Waals surface area (Å²) < 4.78 is 26.0. The second-order valence-corrected chi connectivity index (χ2v) is 5.57. The maximum absolute atomic E-state index is 13.1. The third kappa shape index (κ3) is 2.42. The molecular weight excluding hydrogens is 256 g/mol. The fourth-order valence-electron chi connectivity index (χ4n) is 1.44. The van der Waals surface area contributed by atoms with Crippen molar-refractivity contribution in [2.75, 3.05) is 6.61 Å². The first-order valence-corrected chi connectivity index (χ1v) is 6.34. The fraction of sp³-hybridized carbons (Fsp3) is 0.308. The molecule has 0 aliphatic rings. The summed E-state index contributed by atoms with van der Waals surface area (Å²) in [5.74, 6) is -1.76. The molecule has 2 rings (SSSR count). The number of hydrogen-bond donors (Lipinski definition) is 1. The van der Waals surface area contributed by atoms with Gasteiger partial charge in [0.1, 0.15) is 5.01 Å². The van der Waals surface area contributed by atoms with Gasteiger partial charge in [0.05, 0.1) is 12.3 Å². The number of benzene rings is 1. The molecule has 0 fully saturated rings. The van der Waals surface area contributed by atoms with Crippen molar-refractivity contribution in [1.29, 1.82) is 0 Å². The van der Waals surface area contributed by atoms with Crippen molar-refractivity contribution in [3.63, 3.8) is 0 Å². The van der Waals surface area contributed by atoms with Crippen LogP contribution < -0.4 is 0 Å². The van der Waals surface area contributed by atoms with Gasteiger partial charge < -0.3 is 5.11 Å². The molecule has 5 heteroatoms. The van der Waals surface area contributed by atoms with E-state index < -0.39 is 17.0 Å². The van der Waals surface area contributed by atoms with Gasteiger partial charge in [-0.1, -0.05) is 13.8 Å². The molecule has 0 saturated heterocycles. The van der Waals surface area contributed by atoms with E-state index in [1.54, 1.807) is 5.38 Å². The summed E-state index contributed by atoms with van der Waals surface area (Å²) in [6, 6.07) is 3.70. The van der Waals surface area contributed by atoms with Crippen LogP contribution in [0.4, 0.5) is 8.78 Å². The summed E-state index contributed by atoms with van der Waals surface area (Å²) in [6.45, 7) is 3.74. The van der Waals surface area contributed by atoms with Crippen LogP contribution in [0, 0.1) is 11.6 Å². The molecule has 0 saturated carbocycles. The molecule has 0 spiro atoms. The van der Waals surface area contributed by atoms with Crippen LogP contribution in [-0.2, 0) is 5.41 Å². The summed E-state index contributed by atoms with van der Waals surface area (Å²) in [5.41, 5.74) is 0.696. The zero-order valence-corrected chi connectivity index (χ0v) is 10.9. The predicted octanol–water partition coefficient (Wildman–Crippen LogP) is 3.36. The van der Waals surface area contributed by atoms with Crippen molar-refractivity contribution in [3.8, 4) is 11.3 Å². The van der Waals surface area contributed by atoms with E-state index in [-0.39, 0.29) is 6.61 Å². The van der Waals surface area contributed by atoms with Crippen molar-refractivity contribution in [3.05, 3.63) is 40.2 Å². The van der Waals surface area contributed by atoms with Gasteiger partial charge in [-0.15, -0.1) is 11.3 Å². The summed E-state index contributed by atoms with van der Waals surface area (Å²) >= 11 is 1.40. The van der Waals surface area contributed by atoms with Crippen LogP contribution in [0.25, 0.3) is 11.3 Å². The van der Waals surface area contributed by atoms with E-state index in [1.807, 2.05) is 13.8 Å². The highest BCUT2D eigenvalue weighted by atomic mass is 32.1. The Hall–Kier alpha value is -1.33. The third-order valence-corrected chi connectivity index (χ3v) is 3.90. The molecular formula is C13H13F2NOS.